The van der Waals surface area contributed by atoms with E-state index in [4.69, 9.17) is 9.47 Å². The third-order valence-corrected chi connectivity index (χ3v) is 11.8. The topological polar surface area (TPSA) is 18.5 Å². The van der Waals surface area contributed by atoms with Crippen molar-refractivity contribution in [3.8, 4) is 5.75 Å². The van der Waals surface area contributed by atoms with Gasteiger partial charge in [0.15, 0.2) is 5.60 Å². The molecule has 0 N–H and O–H groups in total. The Kier molecular flexibility index (Phi) is 8.75. The van der Waals surface area contributed by atoms with Gasteiger partial charge >= 0.3 is 0 Å². The summed E-state index contributed by atoms with van der Waals surface area (Å²) in [7, 11) is 1.73. The molecule has 3 nitrogen and oxygen atoms in total. The van der Waals surface area contributed by atoms with Crippen LogP contribution in [-0.2, 0) is 34.3 Å². The van der Waals surface area contributed by atoms with E-state index < -0.39 is 0 Å². The molecule has 3 aromatic rings. The zero-order valence-electron chi connectivity index (χ0n) is 28.5. The van der Waals surface area contributed by atoms with Crippen LogP contribution < -0.4 is 21.7 Å². The molecule has 0 radical (unpaired) electrons. The predicted molar refractivity (Wildman–Crippen MR) is 177 cm³/mol. The van der Waals surface area contributed by atoms with E-state index in [1.807, 2.05) is 0 Å². The highest BCUT2D eigenvalue weighted by Crippen LogP contribution is 2.68. The lowest BCUT2D eigenvalue weighted by Crippen LogP contribution is -3.00. The van der Waals surface area contributed by atoms with Crippen LogP contribution in [0.2, 0.25) is 0 Å². The molecule has 1 aliphatic carbocycles. The minimum absolute atomic E-state index is 0. The molecule has 0 amide bonds. The summed E-state index contributed by atoms with van der Waals surface area (Å²) in [6.07, 6.45) is 2.54. The summed E-state index contributed by atoms with van der Waals surface area (Å²) in [5, 5.41) is 0. The average Bonchev–Trinajstić information content (AvgIpc) is 3.51. The second kappa shape index (κ2) is 11.6. The summed E-state index contributed by atoms with van der Waals surface area (Å²) in [6.45, 7) is 23.3. The third kappa shape index (κ3) is 5.37. The van der Waals surface area contributed by atoms with Gasteiger partial charge in [-0.15, -0.1) is 0 Å². The molecule has 3 aliphatic rings. The fraction of sp³-hybridized carbons (Fsp3) is 0.550. The Morgan fingerprint density at radius 3 is 2.00 bits per heavy atom. The molecule has 2 aliphatic heterocycles. The van der Waals surface area contributed by atoms with Crippen LogP contribution in [0.1, 0.15) is 96.0 Å². The van der Waals surface area contributed by atoms with Crippen molar-refractivity contribution in [3.05, 3.63) is 101 Å². The summed E-state index contributed by atoms with van der Waals surface area (Å²) in [6, 6.07) is 27.2. The van der Waals surface area contributed by atoms with Gasteiger partial charge in [0.05, 0.1) is 26.2 Å². The van der Waals surface area contributed by atoms with Gasteiger partial charge in [-0.1, -0.05) is 97.0 Å². The molecule has 0 bridgehead atoms. The number of hydrogen-bond donors (Lipinski definition) is 0. The Morgan fingerprint density at radius 2 is 1.43 bits per heavy atom. The maximum absolute atomic E-state index is 7.37. The van der Waals surface area contributed by atoms with Crippen molar-refractivity contribution < 1.29 is 30.9 Å². The molecule has 3 fully saturated rings. The molecule has 238 valence electrons. The molecule has 6 atom stereocenters. The molecule has 2 heterocycles. The average molecular weight is 661 g/mol. The highest BCUT2D eigenvalue weighted by Gasteiger charge is 2.78. The fourth-order valence-electron chi connectivity index (χ4n) is 9.57. The highest BCUT2D eigenvalue weighted by molar-refractivity contribution is 5.38. The van der Waals surface area contributed by atoms with Gasteiger partial charge in [-0.2, -0.15) is 0 Å². The minimum atomic E-state index is -0.320. The quantitative estimate of drug-likeness (QED) is 0.283. The lowest BCUT2D eigenvalue weighted by molar-refractivity contribution is -0.968. The molecule has 0 spiro atoms. The standard InChI is InChI=1S/C40H54NO2.BrH/c1-28-24-41(25-30-21-32(37(2,3)4)23-33(22-30)38(5,6)7)27-40(31-13-11-10-12-14-31,36-20-19-35(28)39(36,41)8)43-26-29-15-17-34(42-9)18-16-29;/h10-18,21-23,28,35-36H,19-20,24-27H2,1-9H3;1H/q+1;/p-1/t28-,35+,36+,39-,40+,41-;/m1./s1. The number of halogens is 1. The summed E-state index contributed by atoms with van der Waals surface area (Å²) in [5.74, 6) is 2.81. The van der Waals surface area contributed by atoms with Crippen LogP contribution in [0.3, 0.4) is 0 Å². The van der Waals surface area contributed by atoms with Gasteiger partial charge in [0, 0.05) is 17.4 Å². The number of rotatable bonds is 7. The number of nitrogens with zero attached hydrogens (tertiary/aromatic N) is 1. The first-order valence-corrected chi connectivity index (χ1v) is 16.6. The Hall–Kier alpha value is -2.14. The highest BCUT2D eigenvalue weighted by atomic mass is 79.9. The number of ether oxygens (including phenoxy) is 2. The van der Waals surface area contributed by atoms with E-state index >= 15 is 0 Å². The summed E-state index contributed by atoms with van der Waals surface area (Å²) in [5.41, 5.74) is 7.03. The minimum Gasteiger partial charge on any atom is -1.00 e. The Morgan fingerprint density at radius 1 is 0.818 bits per heavy atom. The van der Waals surface area contributed by atoms with Gasteiger partial charge < -0.3 is 30.9 Å². The normalized spacial score (nSPS) is 31.1. The van der Waals surface area contributed by atoms with E-state index in [-0.39, 0.29) is 39.0 Å². The van der Waals surface area contributed by atoms with Crippen molar-refractivity contribution in [3.63, 3.8) is 0 Å². The lowest BCUT2D eigenvalue weighted by Gasteiger charge is -2.44. The smallest absolute Gasteiger partial charge is 0.151 e. The second-order valence-electron chi connectivity index (χ2n) is 16.4. The van der Waals surface area contributed by atoms with Crippen LogP contribution in [0.5, 0.6) is 5.75 Å². The van der Waals surface area contributed by atoms with Crippen molar-refractivity contribution in [2.45, 2.75) is 103 Å². The molecule has 0 aromatic heterocycles. The summed E-state index contributed by atoms with van der Waals surface area (Å²) >= 11 is 0. The van der Waals surface area contributed by atoms with E-state index in [9.17, 15) is 0 Å². The Labute approximate surface area is 277 Å². The van der Waals surface area contributed by atoms with Crippen LogP contribution in [-0.4, -0.2) is 30.2 Å². The SMILES string of the molecule is COc1ccc(CO[C@]2(c3ccccc3)C[N@+]3(Cc4cc(C(C)(C)C)cc(C(C)(C)C)c4)C[C@@H](C)[C@@H]4CC[C@H]2[C@@]43C)cc1.[Br-]. The van der Waals surface area contributed by atoms with Crippen molar-refractivity contribution in [1.29, 1.82) is 0 Å². The van der Waals surface area contributed by atoms with E-state index in [2.05, 4.69) is 128 Å². The maximum Gasteiger partial charge on any atom is 0.151 e. The fourth-order valence-corrected chi connectivity index (χ4v) is 9.57. The molecule has 1 saturated carbocycles. The van der Waals surface area contributed by atoms with Gasteiger partial charge in [-0.3, -0.25) is 0 Å². The van der Waals surface area contributed by atoms with Gasteiger partial charge in [0.2, 0.25) is 0 Å². The van der Waals surface area contributed by atoms with E-state index in [0.29, 0.717) is 12.5 Å². The molecule has 4 heteroatoms. The van der Waals surface area contributed by atoms with Gasteiger partial charge in [-0.05, 0) is 77.1 Å². The van der Waals surface area contributed by atoms with Gasteiger partial charge in [0.25, 0.3) is 0 Å². The number of methoxy groups -OCH3 is 1. The zero-order chi connectivity index (χ0) is 30.8. The van der Waals surface area contributed by atoms with Gasteiger partial charge in [0.1, 0.15) is 24.4 Å². The first-order valence-electron chi connectivity index (χ1n) is 16.6. The Balaban J connectivity index is 0.00000384. The van der Waals surface area contributed by atoms with Gasteiger partial charge in [-0.25, -0.2) is 0 Å². The number of benzene rings is 3. The Bertz CT molecular complexity index is 1420. The lowest BCUT2D eigenvalue weighted by atomic mass is 9.73. The van der Waals surface area contributed by atoms with Crippen molar-refractivity contribution in [2.75, 3.05) is 20.2 Å². The van der Waals surface area contributed by atoms with Crippen molar-refractivity contribution in [1.82, 2.24) is 0 Å². The van der Waals surface area contributed by atoms with Crippen LogP contribution >= 0.6 is 0 Å². The van der Waals surface area contributed by atoms with Crippen LogP contribution in [0.25, 0.3) is 0 Å². The van der Waals surface area contributed by atoms with Crippen molar-refractivity contribution in [2.24, 2.45) is 17.8 Å². The molecule has 2 saturated heterocycles. The molecule has 6 rings (SSSR count). The first-order chi connectivity index (χ1) is 20.2. The van der Waals surface area contributed by atoms with E-state index in [0.717, 1.165) is 35.2 Å². The van der Waals surface area contributed by atoms with Crippen LogP contribution in [0.15, 0.2) is 72.8 Å². The molecule has 44 heavy (non-hydrogen) atoms. The first kappa shape index (κ1) is 33.2. The van der Waals surface area contributed by atoms with E-state index in [1.54, 1.807) is 7.11 Å². The molecular weight excluding hydrogens is 606 g/mol. The summed E-state index contributed by atoms with van der Waals surface area (Å²) < 4.78 is 13.9. The molecular formula is C40H54BrNO2. The van der Waals surface area contributed by atoms with Crippen LogP contribution in [0.4, 0.5) is 0 Å². The zero-order valence-corrected chi connectivity index (χ0v) is 30.1. The number of hydrogen-bond acceptors (Lipinski definition) is 2. The third-order valence-electron chi connectivity index (χ3n) is 11.8. The van der Waals surface area contributed by atoms with Crippen LogP contribution in [0, 0.1) is 17.8 Å². The predicted octanol–water partition coefficient (Wildman–Crippen LogP) is 6.17. The number of quaternary nitrogens is 1. The molecule has 0 unspecified atom stereocenters. The summed E-state index contributed by atoms with van der Waals surface area (Å²) in [4.78, 5) is 0. The largest absolute Gasteiger partial charge is 1.00 e. The second-order valence-corrected chi connectivity index (χ2v) is 16.4. The molecule has 3 aromatic carbocycles. The van der Waals surface area contributed by atoms with E-state index in [1.165, 1.54) is 47.2 Å². The maximum atomic E-state index is 7.37. The monoisotopic (exact) mass is 659 g/mol. The van der Waals surface area contributed by atoms with Crippen molar-refractivity contribution >= 4 is 0 Å².